The van der Waals surface area contributed by atoms with Crippen LogP contribution in [0.2, 0.25) is 0 Å². The zero-order valence-corrected chi connectivity index (χ0v) is 14.7. The number of nitrogens with zero attached hydrogens (tertiary/aromatic N) is 3. The number of hydrazine groups is 1. The highest BCUT2D eigenvalue weighted by molar-refractivity contribution is 6.07. The third-order valence-corrected chi connectivity index (χ3v) is 4.05. The Morgan fingerprint density at radius 3 is 2.43 bits per heavy atom. The van der Waals surface area contributed by atoms with E-state index in [2.05, 4.69) is 10.9 Å². The van der Waals surface area contributed by atoms with Crippen molar-refractivity contribution in [1.29, 1.82) is 0 Å². The number of benzene rings is 1. The number of hydrogen-bond donors (Lipinski definition) is 5. The molecular formula is C16H17F3N5O4+. The molecule has 0 spiro atoms. The number of aryl methyl sites for hydroxylation is 1. The number of halogens is 3. The molecule has 9 nitrogen and oxygen atoms in total. The van der Waals surface area contributed by atoms with Gasteiger partial charge in [0.1, 0.15) is 11.9 Å². The van der Waals surface area contributed by atoms with Crippen LogP contribution in [0.4, 0.5) is 24.5 Å². The topological polar surface area (TPSA) is 110 Å². The van der Waals surface area contributed by atoms with Crippen LogP contribution < -0.4 is 15.8 Å². The molecular weight excluding hydrogens is 383 g/mol. The maximum absolute atomic E-state index is 13.4. The molecule has 12 heteroatoms. The highest BCUT2D eigenvalue weighted by atomic mass is 19.2. The van der Waals surface area contributed by atoms with Gasteiger partial charge < -0.3 is 15.0 Å². The van der Waals surface area contributed by atoms with E-state index in [9.17, 15) is 33.5 Å². The van der Waals surface area contributed by atoms with E-state index in [-0.39, 0.29) is 22.6 Å². The number of carbonyl (C=O) groups excluding carboxylic acids is 1. The molecule has 1 aromatic heterocycles. The molecule has 1 amide bonds. The number of carbonyl (C=O) groups is 1. The van der Waals surface area contributed by atoms with Crippen LogP contribution in [0, 0.1) is 17.5 Å². The van der Waals surface area contributed by atoms with Gasteiger partial charge in [-0.05, 0) is 13.0 Å². The van der Waals surface area contributed by atoms with Crippen molar-refractivity contribution in [3.8, 4) is 0 Å². The number of anilines is 1. The molecule has 1 atom stereocenters. The second kappa shape index (κ2) is 6.92. The molecule has 2 heterocycles. The number of hydrogen-bond acceptors (Lipinski definition) is 6. The zero-order valence-electron chi connectivity index (χ0n) is 14.7. The summed E-state index contributed by atoms with van der Waals surface area (Å²) in [4.78, 5) is 10.8. The summed E-state index contributed by atoms with van der Waals surface area (Å²) in [5, 5.41) is 33.3. The van der Waals surface area contributed by atoms with Gasteiger partial charge in [0, 0.05) is 36.6 Å². The molecule has 2 aromatic rings. The van der Waals surface area contributed by atoms with E-state index in [1.165, 1.54) is 37.0 Å². The lowest BCUT2D eigenvalue weighted by Gasteiger charge is -2.27. The van der Waals surface area contributed by atoms with Gasteiger partial charge in [-0.25, -0.2) is 18.2 Å². The van der Waals surface area contributed by atoms with Crippen LogP contribution in [0.5, 0.6) is 0 Å². The van der Waals surface area contributed by atoms with Gasteiger partial charge in [0.05, 0.1) is 16.7 Å². The van der Waals surface area contributed by atoms with Gasteiger partial charge in [0.15, 0.2) is 17.5 Å². The molecule has 0 unspecified atom stereocenters. The molecule has 28 heavy (non-hydrogen) atoms. The summed E-state index contributed by atoms with van der Waals surface area (Å²) in [5.41, 5.74) is 1.70. The van der Waals surface area contributed by atoms with Crippen molar-refractivity contribution in [1.82, 2.24) is 20.0 Å². The van der Waals surface area contributed by atoms with Crippen LogP contribution in [0.3, 0.4) is 0 Å². The SMILES string of the molecule is C[C@H](O)N1C=Cc2c(cn(C)c2C(=O)Nc2cc(F)c(F)c(F)c2)[N+](O)(O)N1. The van der Waals surface area contributed by atoms with E-state index in [1.54, 1.807) is 0 Å². The van der Waals surface area contributed by atoms with Gasteiger partial charge in [0.2, 0.25) is 5.69 Å². The molecule has 0 fully saturated rings. The third kappa shape index (κ3) is 3.46. The summed E-state index contributed by atoms with van der Waals surface area (Å²) < 4.78 is 41.1. The first-order valence-corrected chi connectivity index (χ1v) is 7.94. The number of quaternary nitrogens is 1. The van der Waals surface area contributed by atoms with Crippen LogP contribution in [0.25, 0.3) is 6.08 Å². The maximum Gasteiger partial charge on any atom is 0.273 e. The maximum atomic E-state index is 13.4. The number of aliphatic hydroxyl groups excluding tert-OH is 1. The van der Waals surface area contributed by atoms with E-state index in [4.69, 9.17) is 0 Å². The Morgan fingerprint density at radius 1 is 1.25 bits per heavy atom. The molecule has 0 aliphatic carbocycles. The van der Waals surface area contributed by atoms with Crippen LogP contribution in [0.1, 0.15) is 23.0 Å². The monoisotopic (exact) mass is 400 g/mol. The normalized spacial score (nSPS) is 16.5. The number of nitrogens with one attached hydrogen (secondary N) is 2. The van der Waals surface area contributed by atoms with Crippen molar-refractivity contribution in [3.05, 3.63) is 53.2 Å². The highest BCUT2D eigenvalue weighted by Crippen LogP contribution is 2.32. The second-order valence-corrected chi connectivity index (χ2v) is 6.15. The van der Waals surface area contributed by atoms with Crippen LogP contribution in [0.15, 0.2) is 24.5 Å². The minimum Gasteiger partial charge on any atom is -0.372 e. The molecule has 0 saturated carbocycles. The molecule has 3 rings (SSSR count). The summed E-state index contributed by atoms with van der Waals surface area (Å²) in [6.07, 6.45) is 2.69. The molecule has 1 aliphatic rings. The summed E-state index contributed by atoms with van der Waals surface area (Å²) in [5.74, 6) is -5.46. The standard InChI is InChI=1S/C16H16F3N5O4/c1-8(25)23-4-3-10-13(24(27,28)21-23)7-22(2)15(10)16(26)20-9-5-11(17)14(19)12(18)6-9/h3-8,21,25,27-28H,1-2H3/p+1/t8-/m0/s1. The predicted molar refractivity (Wildman–Crippen MR) is 90.7 cm³/mol. The zero-order chi connectivity index (χ0) is 20.8. The first kappa shape index (κ1) is 19.9. The molecule has 0 bridgehead atoms. The fourth-order valence-corrected chi connectivity index (χ4v) is 2.75. The van der Waals surface area contributed by atoms with E-state index < -0.39 is 34.5 Å². The van der Waals surface area contributed by atoms with Crippen molar-refractivity contribution >= 4 is 23.4 Å². The summed E-state index contributed by atoms with van der Waals surface area (Å²) >= 11 is 0. The lowest BCUT2D eigenvalue weighted by atomic mass is 10.2. The van der Waals surface area contributed by atoms with Gasteiger partial charge in [-0.15, -0.1) is 0 Å². The van der Waals surface area contributed by atoms with E-state index in [0.29, 0.717) is 12.1 Å². The van der Waals surface area contributed by atoms with E-state index in [1.807, 2.05) is 0 Å². The summed E-state index contributed by atoms with van der Waals surface area (Å²) in [6, 6.07) is 1.23. The smallest absolute Gasteiger partial charge is 0.273 e. The van der Waals surface area contributed by atoms with Crippen molar-refractivity contribution in [2.45, 2.75) is 13.2 Å². The first-order valence-electron chi connectivity index (χ1n) is 7.94. The van der Waals surface area contributed by atoms with Gasteiger partial charge >= 0.3 is 0 Å². The van der Waals surface area contributed by atoms with Gasteiger partial charge in [-0.1, -0.05) is 0 Å². The average molecular weight is 400 g/mol. The minimum atomic E-state index is -1.88. The van der Waals surface area contributed by atoms with Gasteiger partial charge in [-0.3, -0.25) is 4.79 Å². The first-order chi connectivity index (χ1) is 13.0. The third-order valence-electron chi connectivity index (χ3n) is 4.05. The van der Waals surface area contributed by atoms with Crippen molar-refractivity contribution < 1.29 is 33.5 Å². The molecule has 0 saturated heterocycles. The average Bonchev–Trinajstić information content (AvgIpc) is 2.87. The lowest BCUT2D eigenvalue weighted by Crippen LogP contribution is -2.61. The Balaban J connectivity index is 2.01. The number of aliphatic hydroxyl groups is 1. The van der Waals surface area contributed by atoms with Crippen molar-refractivity contribution in [3.63, 3.8) is 0 Å². The lowest BCUT2D eigenvalue weighted by molar-refractivity contribution is -0.355. The number of amides is 1. The Labute approximate surface area is 156 Å². The van der Waals surface area contributed by atoms with Crippen LogP contribution in [-0.2, 0) is 7.05 Å². The number of aromatic nitrogens is 1. The Morgan fingerprint density at radius 2 is 1.86 bits per heavy atom. The highest BCUT2D eigenvalue weighted by Gasteiger charge is 2.39. The molecule has 150 valence electrons. The molecule has 0 radical (unpaired) electrons. The Bertz CT molecular complexity index is 950. The largest absolute Gasteiger partial charge is 0.372 e. The summed E-state index contributed by atoms with van der Waals surface area (Å²) in [7, 11) is 1.44. The van der Waals surface area contributed by atoms with E-state index in [0.717, 1.165) is 5.01 Å². The molecule has 1 aliphatic heterocycles. The molecule has 5 N–H and O–H groups in total. The fourth-order valence-electron chi connectivity index (χ4n) is 2.75. The van der Waals surface area contributed by atoms with Crippen molar-refractivity contribution in [2.24, 2.45) is 7.05 Å². The Hall–Kier alpha value is -2.90. The molecule has 1 aromatic carbocycles. The van der Waals surface area contributed by atoms with Crippen LogP contribution >= 0.6 is 0 Å². The van der Waals surface area contributed by atoms with Crippen molar-refractivity contribution in [2.75, 3.05) is 5.32 Å². The predicted octanol–water partition coefficient (Wildman–Crippen LogP) is 1.82. The van der Waals surface area contributed by atoms with Crippen LogP contribution in [-0.4, -0.2) is 37.2 Å². The van der Waals surface area contributed by atoms with E-state index >= 15 is 0 Å². The fraction of sp³-hybridized carbons (Fsp3) is 0.188. The second-order valence-electron chi connectivity index (χ2n) is 6.15. The number of fused-ring (bicyclic) bond motifs is 1. The van der Waals surface area contributed by atoms with Gasteiger partial charge in [-0.2, -0.15) is 10.4 Å². The minimum absolute atomic E-state index is 0.0590. The summed E-state index contributed by atoms with van der Waals surface area (Å²) in [6.45, 7) is 1.36. The van der Waals surface area contributed by atoms with Gasteiger partial charge in [0.25, 0.3) is 5.91 Å². The Kier molecular flexibility index (Phi) is 4.91. The number of rotatable bonds is 3. The quantitative estimate of drug-likeness (QED) is 0.397.